The van der Waals surface area contributed by atoms with Crippen molar-refractivity contribution in [1.82, 2.24) is 4.31 Å². The zero-order valence-electron chi connectivity index (χ0n) is 11.7. The van der Waals surface area contributed by atoms with Crippen LogP contribution in [0, 0.1) is 0 Å². The van der Waals surface area contributed by atoms with E-state index < -0.39 is 10.0 Å². The number of sulfonamides is 1. The lowest BCUT2D eigenvalue weighted by molar-refractivity contribution is 0.309. The van der Waals surface area contributed by atoms with Crippen LogP contribution >= 0.6 is 0 Å². The van der Waals surface area contributed by atoms with Gasteiger partial charge in [0.2, 0.25) is 10.0 Å². The third kappa shape index (κ3) is 1.98. The topological polar surface area (TPSA) is 40.6 Å². The Kier molecular flexibility index (Phi) is 3.18. The van der Waals surface area contributed by atoms with E-state index in [2.05, 4.69) is 0 Å². The molecule has 4 nitrogen and oxygen atoms in total. The van der Waals surface area contributed by atoms with Crippen LogP contribution in [0.1, 0.15) is 6.42 Å². The monoisotopic (exact) mass is 290 g/mol. The Bertz CT molecular complexity index is 750. The fraction of sp³-hybridized carbons (Fsp3) is 0.333. The smallest absolute Gasteiger partial charge is 0.243 e. The quantitative estimate of drug-likeness (QED) is 0.871. The molecule has 1 aliphatic heterocycles. The first-order valence-electron chi connectivity index (χ1n) is 6.71. The predicted molar refractivity (Wildman–Crippen MR) is 81.7 cm³/mol. The van der Waals surface area contributed by atoms with Gasteiger partial charge in [-0.2, -0.15) is 4.31 Å². The summed E-state index contributed by atoms with van der Waals surface area (Å²) in [5.41, 5.74) is 1.03. The van der Waals surface area contributed by atoms with Crippen molar-refractivity contribution in [2.45, 2.75) is 11.3 Å². The fourth-order valence-electron chi connectivity index (χ4n) is 2.55. The van der Waals surface area contributed by atoms with E-state index in [9.17, 15) is 8.42 Å². The summed E-state index contributed by atoms with van der Waals surface area (Å²) in [6.07, 6.45) is 0.951. The van der Waals surface area contributed by atoms with Crippen LogP contribution in [-0.2, 0) is 10.0 Å². The van der Waals surface area contributed by atoms with Crippen LogP contribution in [0.15, 0.2) is 41.3 Å². The molecule has 2 aromatic carbocycles. The summed E-state index contributed by atoms with van der Waals surface area (Å²) in [5.74, 6) is 0. The van der Waals surface area contributed by atoms with Crippen LogP contribution in [-0.4, -0.2) is 39.9 Å². The SMILES string of the molecule is CN(C)c1cccc2c(S(=O)(=O)N3CCC3)cccc12. The molecule has 0 unspecified atom stereocenters. The molecule has 0 aromatic heterocycles. The van der Waals surface area contributed by atoms with Crippen molar-refractivity contribution in [3.8, 4) is 0 Å². The van der Waals surface area contributed by atoms with Gasteiger partial charge in [0.05, 0.1) is 4.90 Å². The lowest BCUT2D eigenvalue weighted by Crippen LogP contribution is -2.41. The molecule has 0 radical (unpaired) electrons. The average Bonchev–Trinajstić information content (AvgIpc) is 2.34. The van der Waals surface area contributed by atoms with E-state index >= 15 is 0 Å². The van der Waals surface area contributed by atoms with Gasteiger partial charge < -0.3 is 4.90 Å². The van der Waals surface area contributed by atoms with Crippen molar-refractivity contribution in [3.05, 3.63) is 36.4 Å². The van der Waals surface area contributed by atoms with Crippen molar-refractivity contribution < 1.29 is 8.42 Å². The summed E-state index contributed by atoms with van der Waals surface area (Å²) in [7, 11) is 0.571. The second-order valence-electron chi connectivity index (χ2n) is 5.28. The summed E-state index contributed by atoms with van der Waals surface area (Å²) in [4.78, 5) is 2.42. The lowest BCUT2D eigenvalue weighted by atomic mass is 10.1. The molecule has 2 aromatic rings. The summed E-state index contributed by atoms with van der Waals surface area (Å²) in [6, 6.07) is 11.3. The Labute approximate surface area is 119 Å². The molecule has 5 heteroatoms. The first-order chi connectivity index (χ1) is 9.51. The van der Waals surface area contributed by atoms with E-state index in [0.717, 1.165) is 22.9 Å². The minimum absolute atomic E-state index is 0.415. The van der Waals surface area contributed by atoms with Gasteiger partial charge in [0.1, 0.15) is 0 Å². The molecule has 0 N–H and O–H groups in total. The van der Waals surface area contributed by atoms with Crippen molar-refractivity contribution >= 4 is 26.5 Å². The van der Waals surface area contributed by atoms with E-state index in [0.29, 0.717) is 18.0 Å². The molecule has 20 heavy (non-hydrogen) atoms. The maximum Gasteiger partial charge on any atom is 0.243 e. The molecule has 0 bridgehead atoms. The van der Waals surface area contributed by atoms with Crippen LogP contribution in [0.3, 0.4) is 0 Å². The third-order valence-electron chi connectivity index (χ3n) is 3.77. The molecular formula is C15H18N2O2S. The van der Waals surface area contributed by atoms with Crippen LogP contribution in [0.25, 0.3) is 10.8 Å². The van der Waals surface area contributed by atoms with E-state index in [1.54, 1.807) is 10.4 Å². The molecule has 0 saturated carbocycles. The number of hydrogen-bond donors (Lipinski definition) is 0. The van der Waals surface area contributed by atoms with Crippen molar-refractivity contribution in [3.63, 3.8) is 0 Å². The first-order valence-corrected chi connectivity index (χ1v) is 8.15. The van der Waals surface area contributed by atoms with Crippen molar-refractivity contribution in [2.24, 2.45) is 0 Å². The fourth-order valence-corrected chi connectivity index (χ4v) is 4.27. The molecule has 1 aliphatic rings. The second kappa shape index (κ2) is 4.75. The van der Waals surface area contributed by atoms with Gasteiger partial charge in [0.15, 0.2) is 0 Å². The van der Waals surface area contributed by atoms with E-state index in [1.165, 1.54) is 0 Å². The van der Waals surface area contributed by atoms with Crippen molar-refractivity contribution in [1.29, 1.82) is 0 Å². The zero-order valence-corrected chi connectivity index (χ0v) is 12.5. The summed E-state index contributed by atoms with van der Waals surface area (Å²) in [6.45, 7) is 1.26. The highest BCUT2D eigenvalue weighted by atomic mass is 32.2. The summed E-state index contributed by atoms with van der Waals surface area (Å²) >= 11 is 0. The highest BCUT2D eigenvalue weighted by molar-refractivity contribution is 7.89. The van der Waals surface area contributed by atoms with E-state index in [-0.39, 0.29) is 0 Å². The Balaban J connectivity index is 2.25. The number of benzene rings is 2. The standard InChI is InChI=1S/C15H18N2O2S/c1-16(2)14-8-3-7-13-12(14)6-4-9-15(13)20(18,19)17-10-5-11-17/h3-4,6-9H,5,10-11H2,1-2H3. The summed E-state index contributed by atoms with van der Waals surface area (Å²) < 4.78 is 26.8. The maximum atomic E-state index is 12.6. The molecule has 0 aliphatic carbocycles. The van der Waals surface area contributed by atoms with Gasteiger partial charge in [-0.05, 0) is 18.6 Å². The number of rotatable bonds is 3. The molecule has 1 fully saturated rings. The molecule has 3 rings (SSSR count). The average molecular weight is 290 g/mol. The highest BCUT2D eigenvalue weighted by Gasteiger charge is 2.30. The molecule has 1 heterocycles. The lowest BCUT2D eigenvalue weighted by Gasteiger charge is -2.30. The Morgan fingerprint density at radius 3 is 2.25 bits per heavy atom. The third-order valence-corrected chi connectivity index (χ3v) is 5.73. The Morgan fingerprint density at radius 1 is 1.00 bits per heavy atom. The Hall–Kier alpha value is -1.59. The minimum Gasteiger partial charge on any atom is -0.377 e. The highest BCUT2D eigenvalue weighted by Crippen LogP contribution is 2.32. The molecule has 0 atom stereocenters. The van der Waals surface area contributed by atoms with Gasteiger partial charge in [0, 0.05) is 43.6 Å². The van der Waals surface area contributed by atoms with Crippen LogP contribution in [0.2, 0.25) is 0 Å². The molecular weight excluding hydrogens is 272 g/mol. The van der Waals surface area contributed by atoms with Gasteiger partial charge in [-0.15, -0.1) is 0 Å². The van der Waals surface area contributed by atoms with Gasteiger partial charge in [-0.3, -0.25) is 0 Å². The number of hydrogen-bond acceptors (Lipinski definition) is 3. The number of nitrogens with zero attached hydrogens (tertiary/aromatic N) is 2. The van der Waals surface area contributed by atoms with E-state index in [4.69, 9.17) is 0 Å². The molecule has 106 valence electrons. The number of anilines is 1. The van der Waals surface area contributed by atoms with Crippen LogP contribution < -0.4 is 4.90 Å². The molecule has 0 spiro atoms. The number of fused-ring (bicyclic) bond motifs is 1. The van der Waals surface area contributed by atoms with Crippen LogP contribution in [0.4, 0.5) is 5.69 Å². The molecule has 0 amide bonds. The Morgan fingerprint density at radius 2 is 1.65 bits per heavy atom. The minimum atomic E-state index is -3.36. The second-order valence-corrected chi connectivity index (χ2v) is 7.19. The van der Waals surface area contributed by atoms with Gasteiger partial charge in [0.25, 0.3) is 0 Å². The van der Waals surface area contributed by atoms with Crippen molar-refractivity contribution in [2.75, 3.05) is 32.1 Å². The van der Waals surface area contributed by atoms with Gasteiger partial charge in [-0.25, -0.2) is 8.42 Å². The van der Waals surface area contributed by atoms with Crippen LogP contribution in [0.5, 0.6) is 0 Å². The summed E-state index contributed by atoms with van der Waals surface area (Å²) in [5, 5.41) is 1.77. The normalized spacial score (nSPS) is 16.1. The predicted octanol–water partition coefficient (Wildman–Crippen LogP) is 2.30. The first kappa shape index (κ1) is 13.4. The molecule has 1 saturated heterocycles. The largest absolute Gasteiger partial charge is 0.377 e. The van der Waals surface area contributed by atoms with Gasteiger partial charge in [-0.1, -0.05) is 24.3 Å². The zero-order chi connectivity index (χ0) is 14.3. The van der Waals surface area contributed by atoms with E-state index in [1.807, 2.05) is 49.3 Å². The van der Waals surface area contributed by atoms with Gasteiger partial charge >= 0.3 is 0 Å². The maximum absolute atomic E-state index is 12.6.